The Bertz CT molecular complexity index is 785. The Hall–Kier alpha value is -2.63. The van der Waals surface area contributed by atoms with Crippen LogP contribution >= 0.6 is 0 Å². The minimum Gasteiger partial charge on any atom is -0.508 e. The first-order valence-electron chi connectivity index (χ1n) is 9.42. The monoisotopic (exact) mass is 352 g/mol. The minimum atomic E-state index is -0.149. The van der Waals surface area contributed by atoms with Crippen LogP contribution in [0.3, 0.4) is 0 Å². The molecule has 1 saturated carbocycles. The van der Waals surface area contributed by atoms with Crippen LogP contribution in [-0.2, 0) is 6.42 Å². The van der Waals surface area contributed by atoms with E-state index in [4.69, 9.17) is 0 Å². The zero-order chi connectivity index (χ0) is 17.9. The van der Waals surface area contributed by atoms with Crippen molar-refractivity contribution in [2.24, 2.45) is 0 Å². The van der Waals surface area contributed by atoms with E-state index in [1.54, 1.807) is 18.2 Å². The first-order chi connectivity index (χ1) is 12.7. The number of fused-ring (bicyclic) bond motifs is 1. The number of carbonyl (C=O) groups is 1. The van der Waals surface area contributed by atoms with Gasteiger partial charge in [0, 0.05) is 6.04 Å². The van der Waals surface area contributed by atoms with Gasteiger partial charge in [0.2, 0.25) is 0 Å². The maximum atomic E-state index is 12.2. The van der Waals surface area contributed by atoms with Gasteiger partial charge in [0.05, 0.1) is 6.04 Å². The maximum Gasteiger partial charge on any atom is 0.272 e. The van der Waals surface area contributed by atoms with Crippen molar-refractivity contribution in [3.63, 3.8) is 0 Å². The SMILES string of the molecule is O=C(NC1CCCC1)c1ccc(NC2CCCc3c(O)cccc32)nn1. The molecule has 1 atom stereocenters. The number of amides is 1. The number of rotatable bonds is 4. The zero-order valence-electron chi connectivity index (χ0n) is 14.7. The van der Waals surface area contributed by atoms with E-state index >= 15 is 0 Å². The van der Waals surface area contributed by atoms with Crippen LogP contribution in [0.2, 0.25) is 0 Å². The smallest absolute Gasteiger partial charge is 0.272 e. The number of nitrogens with zero attached hydrogens (tertiary/aromatic N) is 2. The summed E-state index contributed by atoms with van der Waals surface area (Å²) in [4.78, 5) is 12.2. The summed E-state index contributed by atoms with van der Waals surface area (Å²) in [6.45, 7) is 0. The molecule has 26 heavy (non-hydrogen) atoms. The number of benzene rings is 1. The number of aromatic nitrogens is 2. The third-order valence-electron chi connectivity index (χ3n) is 5.39. The quantitative estimate of drug-likeness (QED) is 0.785. The Morgan fingerprint density at radius 2 is 1.88 bits per heavy atom. The highest BCUT2D eigenvalue weighted by molar-refractivity contribution is 5.92. The number of phenols is 1. The van der Waals surface area contributed by atoms with E-state index in [0.29, 0.717) is 17.3 Å². The number of aromatic hydroxyl groups is 1. The molecule has 0 bridgehead atoms. The van der Waals surface area contributed by atoms with E-state index < -0.39 is 0 Å². The molecule has 0 saturated heterocycles. The second-order valence-corrected chi connectivity index (χ2v) is 7.19. The van der Waals surface area contributed by atoms with E-state index in [9.17, 15) is 9.90 Å². The number of hydrogen-bond donors (Lipinski definition) is 3. The van der Waals surface area contributed by atoms with Crippen LogP contribution in [0.4, 0.5) is 5.82 Å². The van der Waals surface area contributed by atoms with Crippen LogP contribution in [0.5, 0.6) is 5.75 Å². The molecule has 1 fully saturated rings. The molecule has 1 heterocycles. The third-order valence-corrected chi connectivity index (χ3v) is 5.39. The van der Waals surface area contributed by atoms with Gasteiger partial charge < -0.3 is 15.7 Å². The standard InChI is InChI=1S/C20H24N4O2/c25-18-10-4-7-14-15(18)8-3-9-16(14)22-19-12-11-17(23-24-19)20(26)21-13-5-1-2-6-13/h4,7,10-13,16,25H,1-3,5-6,8-9H2,(H,21,26)(H,22,24). The molecule has 0 spiro atoms. The first kappa shape index (κ1) is 16.8. The first-order valence-corrected chi connectivity index (χ1v) is 9.42. The molecule has 2 aromatic rings. The molecule has 0 aliphatic heterocycles. The van der Waals surface area contributed by atoms with E-state index in [1.807, 2.05) is 12.1 Å². The highest BCUT2D eigenvalue weighted by atomic mass is 16.3. The largest absolute Gasteiger partial charge is 0.508 e. The van der Waals surface area contributed by atoms with Gasteiger partial charge in [0.25, 0.3) is 5.91 Å². The second kappa shape index (κ2) is 7.32. The summed E-state index contributed by atoms with van der Waals surface area (Å²) in [5.41, 5.74) is 2.47. The Labute approximate surface area is 153 Å². The lowest BCUT2D eigenvalue weighted by atomic mass is 9.87. The van der Waals surface area contributed by atoms with Crippen molar-refractivity contribution in [3.05, 3.63) is 47.2 Å². The Morgan fingerprint density at radius 1 is 1.04 bits per heavy atom. The molecule has 2 aliphatic carbocycles. The number of anilines is 1. The van der Waals surface area contributed by atoms with Crippen LogP contribution in [0.15, 0.2) is 30.3 Å². The molecule has 4 rings (SSSR count). The summed E-state index contributed by atoms with van der Waals surface area (Å²) in [6.07, 6.45) is 7.33. The molecule has 136 valence electrons. The van der Waals surface area contributed by atoms with Gasteiger partial charge in [0.1, 0.15) is 11.6 Å². The molecule has 6 nitrogen and oxygen atoms in total. The van der Waals surface area contributed by atoms with E-state index in [1.165, 1.54) is 12.8 Å². The van der Waals surface area contributed by atoms with Crippen molar-refractivity contribution in [1.82, 2.24) is 15.5 Å². The molecular weight excluding hydrogens is 328 g/mol. The molecule has 6 heteroatoms. The predicted molar refractivity (Wildman–Crippen MR) is 99.2 cm³/mol. The predicted octanol–water partition coefficient (Wildman–Crippen LogP) is 3.34. The van der Waals surface area contributed by atoms with Gasteiger partial charge in [-0.1, -0.05) is 25.0 Å². The molecular formula is C20H24N4O2. The van der Waals surface area contributed by atoms with Gasteiger partial charge >= 0.3 is 0 Å². The Morgan fingerprint density at radius 3 is 2.65 bits per heavy atom. The fourth-order valence-corrected chi connectivity index (χ4v) is 4.02. The summed E-state index contributed by atoms with van der Waals surface area (Å²) >= 11 is 0. The van der Waals surface area contributed by atoms with E-state index in [2.05, 4.69) is 20.8 Å². The molecule has 3 N–H and O–H groups in total. The van der Waals surface area contributed by atoms with Gasteiger partial charge in [0.15, 0.2) is 5.69 Å². The van der Waals surface area contributed by atoms with E-state index in [0.717, 1.165) is 43.2 Å². The molecule has 2 aliphatic rings. The Kier molecular flexibility index (Phi) is 4.73. The zero-order valence-corrected chi connectivity index (χ0v) is 14.7. The lowest BCUT2D eigenvalue weighted by Gasteiger charge is -2.27. The van der Waals surface area contributed by atoms with Gasteiger partial charge in [-0.2, -0.15) is 0 Å². The fraction of sp³-hybridized carbons (Fsp3) is 0.450. The van der Waals surface area contributed by atoms with Crippen LogP contribution < -0.4 is 10.6 Å². The average Bonchev–Trinajstić information content (AvgIpc) is 3.16. The molecule has 1 aromatic heterocycles. The van der Waals surface area contributed by atoms with Crippen molar-refractivity contribution in [3.8, 4) is 5.75 Å². The average molecular weight is 352 g/mol. The number of carbonyl (C=O) groups excluding carboxylic acids is 1. The summed E-state index contributed by atoms with van der Waals surface area (Å²) in [5.74, 6) is 0.853. The van der Waals surface area contributed by atoms with Gasteiger partial charge in [-0.05, 0) is 61.4 Å². The second-order valence-electron chi connectivity index (χ2n) is 7.19. The highest BCUT2D eigenvalue weighted by Crippen LogP contribution is 2.36. The van der Waals surface area contributed by atoms with Gasteiger partial charge in [-0.3, -0.25) is 4.79 Å². The molecule has 0 radical (unpaired) electrons. The number of hydrogen-bond acceptors (Lipinski definition) is 5. The van der Waals surface area contributed by atoms with Crippen LogP contribution in [0.1, 0.15) is 66.2 Å². The summed E-state index contributed by atoms with van der Waals surface area (Å²) in [7, 11) is 0. The molecule has 1 aromatic carbocycles. The lowest BCUT2D eigenvalue weighted by molar-refractivity contribution is 0.0932. The molecule has 1 amide bonds. The van der Waals surface area contributed by atoms with Crippen LogP contribution in [-0.4, -0.2) is 27.3 Å². The minimum absolute atomic E-state index is 0.0957. The lowest BCUT2D eigenvalue weighted by Crippen LogP contribution is -2.33. The normalized spacial score (nSPS) is 19.8. The van der Waals surface area contributed by atoms with Crippen LogP contribution in [0, 0.1) is 0 Å². The Balaban J connectivity index is 1.43. The van der Waals surface area contributed by atoms with Crippen molar-refractivity contribution < 1.29 is 9.90 Å². The van der Waals surface area contributed by atoms with Gasteiger partial charge in [-0.25, -0.2) is 0 Å². The number of nitrogens with one attached hydrogen (secondary N) is 2. The maximum absolute atomic E-state index is 12.2. The van der Waals surface area contributed by atoms with Gasteiger partial charge in [-0.15, -0.1) is 10.2 Å². The van der Waals surface area contributed by atoms with Crippen molar-refractivity contribution in [2.75, 3.05) is 5.32 Å². The van der Waals surface area contributed by atoms with Crippen molar-refractivity contribution in [2.45, 2.75) is 57.0 Å². The van der Waals surface area contributed by atoms with Crippen molar-refractivity contribution >= 4 is 11.7 Å². The summed E-state index contributed by atoms with van der Waals surface area (Å²) in [5, 5.41) is 24.7. The summed E-state index contributed by atoms with van der Waals surface area (Å²) < 4.78 is 0. The fourth-order valence-electron chi connectivity index (χ4n) is 4.02. The number of phenolic OH excluding ortho intramolecular Hbond substituents is 1. The summed E-state index contributed by atoms with van der Waals surface area (Å²) in [6, 6.07) is 9.53. The molecule has 1 unspecified atom stereocenters. The van der Waals surface area contributed by atoms with Crippen molar-refractivity contribution in [1.29, 1.82) is 0 Å². The van der Waals surface area contributed by atoms with Crippen LogP contribution in [0.25, 0.3) is 0 Å². The third kappa shape index (κ3) is 3.49. The highest BCUT2D eigenvalue weighted by Gasteiger charge is 2.23. The van der Waals surface area contributed by atoms with E-state index in [-0.39, 0.29) is 18.0 Å². The topological polar surface area (TPSA) is 87.1 Å².